The van der Waals surface area contributed by atoms with Gasteiger partial charge in [-0.05, 0) is 31.0 Å². The van der Waals surface area contributed by atoms with Crippen LogP contribution in [0.4, 0.5) is 5.69 Å². The van der Waals surface area contributed by atoms with Crippen molar-refractivity contribution in [2.24, 2.45) is 0 Å². The van der Waals surface area contributed by atoms with Gasteiger partial charge in [-0.15, -0.1) is 0 Å². The number of anilines is 1. The van der Waals surface area contributed by atoms with E-state index >= 15 is 0 Å². The molecule has 1 amide bonds. The zero-order valence-electron chi connectivity index (χ0n) is 12.2. The van der Waals surface area contributed by atoms with Crippen LogP contribution in [0.1, 0.15) is 42.5 Å². The fourth-order valence-electron chi connectivity index (χ4n) is 2.75. The average molecular weight is 260 g/mol. The molecule has 0 unspecified atom stereocenters. The van der Waals surface area contributed by atoms with Crippen molar-refractivity contribution < 1.29 is 4.79 Å². The number of carbonyl (C=O) groups excluding carboxylic acids is 1. The topological polar surface area (TPSA) is 23.6 Å². The minimum absolute atomic E-state index is 0.149. The molecule has 0 aliphatic heterocycles. The predicted molar refractivity (Wildman–Crippen MR) is 79.7 cm³/mol. The summed E-state index contributed by atoms with van der Waals surface area (Å²) in [6.07, 6.45) is 6.11. The molecule has 1 aliphatic carbocycles. The molecule has 0 atom stereocenters. The van der Waals surface area contributed by atoms with E-state index in [0.717, 1.165) is 24.1 Å². The maximum atomic E-state index is 12.5. The van der Waals surface area contributed by atoms with E-state index in [1.807, 2.05) is 55.2 Å². The quantitative estimate of drug-likeness (QED) is 0.833. The molecular weight excluding hydrogens is 236 g/mol. The molecule has 1 aliphatic rings. The standard InChI is InChI=1S/C16H24N2O/c1-17(2)15-11-7-8-13(12-15)16(19)18(3)14-9-5-4-6-10-14/h7-8,11-12,14H,4-6,9-10H2,1-3H3. The van der Waals surface area contributed by atoms with Crippen molar-refractivity contribution in [1.82, 2.24) is 4.90 Å². The maximum Gasteiger partial charge on any atom is 0.253 e. The molecule has 0 aromatic heterocycles. The van der Waals surface area contributed by atoms with Crippen LogP contribution in [0.2, 0.25) is 0 Å². The van der Waals surface area contributed by atoms with Crippen LogP contribution in [0.15, 0.2) is 24.3 Å². The lowest BCUT2D eigenvalue weighted by Gasteiger charge is -2.31. The van der Waals surface area contributed by atoms with Crippen molar-refractivity contribution >= 4 is 11.6 Å². The summed E-state index contributed by atoms with van der Waals surface area (Å²) in [4.78, 5) is 16.5. The van der Waals surface area contributed by atoms with Crippen molar-refractivity contribution in [2.75, 3.05) is 26.0 Å². The number of rotatable bonds is 3. The molecule has 1 fully saturated rings. The van der Waals surface area contributed by atoms with Gasteiger partial charge < -0.3 is 9.80 Å². The normalized spacial score (nSPS) is 16.2. The first-order chi connectivity index (χ1) is 9.09. The molecule has 0 saturated heterocycles. The smallest absolute Gasteiger partial charge is 0.253 e. The van der Waals surface area contributed by atoms with Crippen molar-refractivity contribution in [2.45, 2.75) is 38.1 Å². The van der Waals surface area contributed by atoms with Crippen LogP contribution in [0.25, 0.3) is 0 Å². The fourth-order valence-corrected chi connectivity index (χ4v) is 2.75. The van der Waals surface area contributed by atoms with Crippen molar-refractivity contribution in [3.05, 3.63) is 29.8 Å². The van der Waals surface area contributed by atoms with E-state index in [9.17, 15) is 4.79 Å². The Hall–Kier alpha value is -1.51. The second kappa shape index (κ2) is 6.09. The van der Waals surface area contributed by atoms with Crippen molar-refractivity contribution in [1.29, 1.82) is 0 Å². The summed E-state index contributed by atoms with van der Waals surface area (Å²) >= 11 is 0. The molecule has 0 spiro atoms. The number of hydrogen-bond acceptors (Lipinski definition) is 2. The van der Waals surface area contributed by atoms with Crippen LogP contribution in [-0.4, -0.2) is 38.0 Å². The molecule has 19 heavy (non-hydrogen) atoms. The molecule has 0 N–H and O–H groups in total. The summed E-state index contributed by atoms with van der Waals surface area (Å²) < 4.78 is 0. The highest BCUT2D eigenvalue weighted by Crippen LogP contribution is 2.23. The third-order valence-corrected chi connectivity index (χ3v) is 4.05. The summed E-state index contributed by atoms with van der Waals surface area (Å²) in [5, 5.41) is 0. The maximum absolute atomic E-state index is 12.5. The molecule has 1 aromatic carbocycles. The summed E-state index contributed by atoms with van der Waals surface area (Å²) in [5.41, 5.74) is 1.86. The average Bonchev–Trinajstić information content (AvgIpc) is 2.46. The lowest BCUT2D eigenvalue weighted by Crippen LogP contribution is -2.38. The SMILES string of the molecule is CN(C)c1cccc(C(=O)N(C)C2CCCCC2)c1. The summed E-state index contributed by atoms with van der Waals surface area (Å²) in [5.74, 6) is 0.149. The Bertz CT molecular complexity index is 436. The van der Waals surface area contributed by atoms with Crippen molar-refractivity contribution in [3.8, 4) is 0 Å². The van der Waals surface area contributed by atoms with E-state index in [2.05, 4.69) is 0 Å². The van der Waals surface area contributed by atoms with Crippen LogP contribution in [0.5, 0.6) is 0 Å². The van der Waals surface area contributed by atoms with Gasteiger partial charge in [-0.1, -0.05) is 25.3 Å². The lowest BCUT2D eigenvalue weighted by molar-refractivity contribution is 0.0696. The van der Waals surface area contributed by atoms with Gasteiger partial charge in [-0.2, -0.15) is 0 Å². The third kappa shape index (κ3) is 3.28. The third-order valence-electron chi connectivity index (χ3n) is 4.05. The van der Waals surface area contributed by atoms with E-state index in [1.54, 1.807) is 0 Å². The molecule has 0 heterocycles. The van der Waals surface area contributed by atoms with Crippen LogP contribution in [0, 0.1) is 0 Å². The molecule has 3 heteroatoms. The van der Waals surface area contributed by atoms with Crippen LogP contribution >= 0.6 is 0 Å². The molecular formula is C16H24N2O. The zero-order valence-corrected chi connectivity index (χ0v) is 12.2. The lowest BCUT2D eigenvalue weighted by atomic mass is 9.94. The number of hydrogen-bond donors (Lipinski definition) is 0. The largest absolute Gasteiger partial charge is 0.378 e. The van der Waals surface area contributed by atoms with Gasteiger partial charge in [0.05, 0.1) is 0 Å². The van der Waals surface area contributed by atoms with E-state index in [1.165, 1.54) is 19.3 Å². The molecule has 2 rings (SSSR count). The molecule has 0 radical (unpaired) electrons. The number of nitrogens with zero attached hydrogens (tertiary/aromatic N) is 2. The Kier molecular flexibility index (Phi) is 4.46. The summed E-state index contributed by atoms with van der Waals surface area (Å²) in [7, 11) is 5.93. The van der Waals surface area contributed by atoms with Gasteiger partial charge in [0.2, 0.25) is 0 Å². The van der Waals surface area contributed by atoms with Gasteiger partial charge in [0.1, 0.15) is 0 Å². The van der Waals surface area contributed by atoms with Crippen LogP contribution < -0.4 is 4.90 Å². The van der Waals surface area contributed by atoms with Gasteiger partial charge in [0.25, 0.3) is 5.91 Å². The minimum Gasteiger partial charge on any atom is -0.378 e. The highest BCUT2D eigenvalue weighted by Gasteiger charge is 2.23. The molecule has 104 valence electrons. The Morgan fingerprint density at radius 3 is 2.42 bits per heavy atom. The van der Waals surface area contributed by atoms with Gasteiger partial charge in [0.15, 0.2) is 0 Å². The first-order valence-corrected chi connectivity index (χ1v) is 7.14. The Morgan fingerprint density at radius 2 is 1.79 bits per heavy atom. The van der Waals surface area contributed by atoms with Crippen molar-refractivity contribution in [3.63, 3.8) is 0 Å². The molecule has 1 saturated carbocycles. The molecule has 1 aromatic rings. The fraction of sp³-hybridized carbons (Fsp3) is 0.562. The number of amides is 1. The first kappa shape index (κ1) is 13.9. The summed E-state index contributed by atoms with van der Waals surface area (Å²) in [6.45, 7) is 0. The molecule has 3 nitrogen and oxygen atoms in total. The van der Waals surface area contributed by atoms with Gasteiger partial charge >= 0.3 is 0 Å². The highest BCUT2D eigenvalue weighted by atomic mass is 16.2. The Balaban J connectivity index is 2.11. The first-order valence-electron chi connectivity index (χ1n) is 7.14. The second-order valence-electron chi connectivity index (χ2n) is 5.65. The Labute approximate surface area is 116 Å². The number of carbonyl (C=O) groups is 1. The van der Waals surface area contributed by atoms with Gasteiger partial charge in [0, 0.05) is 38.4 Å². The zero-order chi connectivity index (χ0) is 13.8. The predicted octanol–water partition coefficient (Wildman–Crippen LogP) is 3.16. The van der Waals surface area contributed by atoms with Crippen LogP contribution in [0.3, 0.4) is 0 Å². The Morgan fingerprint density at radius 1 is 1.11 bits per heavy atom. The van der Waals surface area contributed by atoms with Gasteiger partial charge in [-0.3, -0.25) is 4.79 Å². The number of benzene rings is 1. The van der Waals surface area contributed by atoms with E-state index in [4.69, 9.17) is 0 Å². The van der Waals surface area contributed by atoms with E-state index < -0.39 is 0 Å². The molecule has 0 bridgehead atoms. The highest BCUT2D eigenvalue weighted by molar-refractivity contribution is 5.95. The van der Waals surface area contributed by atoms with E-state index in [-0.39, 0.29) is 5.91 Å². The van der Waals surface area contributed by atoms with Crippen LogP contribution in [-0.2, 0) is 0 Å². The monoisotopic (exact) mass is 260 g/mol. The van der Waals surface area contributed by atoms with Gasteiger partial charge in [-0.25, -0.2) is 0 Å². The summed E-state index contributed by atoms with van der Waals surface area (Å²) in [6, 6.07) is 8.29. The van der Waals surface area contributed by atoms with E-state index in [0.29, 0.717) is 6.04 Å². The minimum atomic E-state index is 0.149. The second-order valence-corrected chi connectivity index (χ2v) is 5.65.